The zero-order valence-corrected chi connectivity index (χ0v) is 19.4. The third-order valence-corrected chi connectivity index (χ3v) is 6.76. The maximum atomic E-state index is 13.5. The van der Waals surface area contributed by atoms with Crippen molar-refractivity contribution in [2.24, 2.45) is 0 Å². The molecule has 1 N–H and O–H groups in total. The number of nitrogens with zero attached hydrogens (tertiary/aromatic N) is 2. The van der Waals surface area contributed by atoms with E-state index >= 15 is 0 Å². The molecule has 1 aromatic heterocycles. The SMILES string of the molecule is CN(C(=O)c1ccc(NS(=O)(=O)c2ccc(F)c(F)c2)cc1)C(c1ccccc1)c1ccccn1. The lowest BCUT2D eigenvalue weighted by Crippen LogP contribution is -2.32. The number of carbonyl (C=O) groups excluding carboxylic acids is 1. The van der Waals surface area contributed by atoms with Crippen LogP contribution in [-0.4, -0.2) is 31.3 Å². The van der Waals surface area contributed by atoms with Gasteiger partial charge in [-0.05, 0) is 60.2 Å². The molecule has 3 aromatic carbocycles. The first-order valence-corrected chi connectivity index (χ1v) is 12.1. The van der Waals surface area contributed by atoms with Crippen molar-refractivity contribution in [2.45, 2.75) is 10.9 Å². The fourth-order valence-corrected chi connectivity index (χ4v) is 4.70. The average Bonchev–Trinajstić information content (AvgIpc) is 2.87. The van der Waals surface area contributed by atoms with Crippen LogP contribution in [0, 0.1) is 11.6 Å². The summed E-state index contributed by atoms with van der Waals surface area (Å²) in [4.78, 5) is 18.9. The molecule has 0 bridgehead atoms. The molecule has 0 aliphatic carbocycles. The first-order valence-electron chi connectivity index (χ1n) is 10.6. The zero-order valence-electron chi connectivity index (χ0n) is 18.6. The molecular formula is C26H21F2N3O3S. The molecule has 0 radical (unpaired) electrons. The Hall–Kier alpha value is -4.11. The van der Waals surface area contributed by atoms with Gasteiger partial charge in [0.15, 0.2) is 11.6 Å². The van der Waals surface area contributed by atoms with Crippen molar-refractivity contribution in [3.05, 3.63) is 126 Å². The molecule has 9 heteroatoms. The van der Waals surface area contributed by atoms with E-state index in [1.165, 1.54) is 24.3 Å². The highest BCUT2D eigenvalue weighted by molar-refractivity contribution is 7.92. The standard InChI is InChI=1S/C26H21F2N3O3S/c1-31(25(18-7-3-2-4-8-18)24-9-5-6-16-29-24)26(32)19-10-12-20(13-11-19)30-35(33,34)21-14-15-22(27)23(28)17-21/h2-17,25,30H,1H3. The summed E-state index contributed by atoms with van der Waals surface area (Å²) >= 11 is 0. The van der Waals surface area contributed by atoms with E-state index in [4.69, 9.17) is 0 Å². The lowest BCUT2D eigenvalue weighted by Gasteiger charge is -2.28. The Labute approximate surface area is 201 Å². The predicted octanol–water partition coefficient (Wildman–Crippen LogP) is 5.02. The summed E-state index contributed by atoms with van der Waals surface area (Å²) in [6.07, 6.45) is 1.66. The van der Waals surface area contributed by atoms with Crippen molar-refractivity contribution in [1.29, 1.82) is 0 Å². The minimum absolute atomic E-state index is 0.165. The van der Waals surface area contributed by atoms with E-state index in [1.54, 1.807) is 24.2 Å². The van der Waals surface area contributed by atoms with Crippen LogP contribution < -0.4 is 4.72 Å². The molecule has 1 unspecified atom stereocenters. The number of rotatable bonds is 7. The van der Waals surface area contributed by atoms with Crippen LogP contribution in [0.1, 0.15) is 27.7 Å². The molecule has 0 saturated carbocycles. The highest BCUT2D eigenvalue weighted by Crippen LogP contribution is 2.28. The largest absolute Gasteiger partial charge is 0.329 e. The Bertz CT molecular complexity index is 1390. The molecule has 0 spiro atoms. The van der Waals surface area contributed by atoms with Gasteiger partial charge in [0.1, 0.15) is 0 Å². The van der Waals surface area contributed by atoms with Gasteiger partial charge in [0, 0.05) is 24.5 Å². The maximum Gasteiger partial charge on any atom is 0.261 e. The van der Waals surface area contributed by atoms with Gasteiger partial charge in [-0.15, -0.1) is 0 Å². The van der Waals surface area contributed by atoms with Crippen LogP contribution in [0.4, 0.5) is 14.5 Å². The number of hydrogen-bond acceptors (Lipinski definition) is 4. The van der Waals surface area contributed by atoms with E-state index < -0.39 is 32.6 Å². The first-order chi connectivity index (χ1) is 16.8. The van der Waals surface area contributed by atoms with Gasteiger partial charge in [0.2, 0.25) is 0 Å². The summed E-state index contributed by atoms with van der Waals surface area (Å²) in [6.45, 7) is 0. The summed E-state index contributed by atoms with van der Waals surface area (Å²) in [5.41, 5.74) is 2.09. The molecule has 1 heterocycles. The Morgan fingerprint density at radius 1 is 0.886 bits per heavy atom. The Morgan fingerprint density at radius 3 is 2.20 bits per heavy atom. The topological polar surface area (TPSA) is 79.4 Å². The van der Waals surface area contributed by atoms with Crippen LogP contribution >= 0.6 is 0 Å². The summed E-state index contributed by atoms with van der Waals surface area (Å²) in [5.74, 6) is -2.70. The molecule has 1 amide bonds. The molecule has 35 heavy (non-hydrogen) atoms. The summed E-state index contributed by atoms with van der Waals surface area (Å²) in [5, 5.41) is 0. The number of benzene rings is 3. The van der Waals surface area contributed by atoms with Crippen LogP contribution in [0.15, 0.2) is 102 Å². The van der Waals surface area contributed by atoms with E-state index in [1.807, 2.05) is 42.5 Å². The van der Waals surface area contributed by atoms with Crippen LogP contribution in [-0.2, 0) is 10.0 Å². The zero-order chi connectivity index (χ0) is 25.0. The normalized spacial score (nSPS) is 12.1. The Balaban J connectivity index is 1.56. The van der Waals surface area contributed by atoms with E-state index in [0.717, 1.165) is 17.7 Å². The van der Waals surface area contributed by atoms with Gasteiger partial charge >= 0.3 is 0 Å². The van der Waals surface area contributed by atoms with E-state index in [9.17, 15) is 22.0 Å². The van der Waals surface area contributed by atoms with E-state index in [-0.39, 0.29) is 11.6 Å². The molecule has 0 fully saturated rings. The fraction of sp³-hybridized carbons (Fsp3) is 0.0769. The molecule has 178 valence electrons. The van der Waals surface area contributed by atoms with Crippen LogP contribution in [0.3, 0.4) is 0 Å². The number of halogens is 2. The number of carbonyl (C=O) groups is 1. The minimum atomic E-state index is -4.15. The molecule has 0 saturated heterocycles. The van der Waals surface area contributed by atoms with Crippen molar-refractivity contribution in [3.8, 4) is 0 Å². The summed E-state index contributed by atoms with van der Waals surface area (Å²) in [6, 6.07) is 22.7. The van der Waals surface area contributed by atoms with Crippen LogP contribution in [0.25, 0.3) is 0 Å². The van der Waals surface area contributed by atoms with Crippen molar-refractivity contribution >= 4 is 21.6 Å². The highest BCUT2D eigenvalue weighted by atomic mass is 32.2. The van der Waals surface area contributed by atoms with Crippen LogP contribution in [0.5, 0.6) is 0 Å². The number of nitrogens with one attached hydrogen (secondary N) is 1. The van der Waals surface area contributed by atoms with Gasteiger partial charge in [-0.3, -0.25) is 14.5 Å². The van der Waals surface area contributed by atoms with E-state index in [0.29, 0.717) is 17.3 Å². The second-order valence-corrected chi connectivity index (χ2v) is 9.43. The summed E-state index contributed by atoms with van der Waals surface area (Å²) in [7, 11) is -2.47. The van der Waals surface area contributed by atoms with Crippen molar-refractivity contribution in [1.82, 2.24) is 9.88 Å². The molecule has 4 aromatic rings. The highest BCUT2D eigenvalue weighted by Gasteiger charge is 2.25. The number of pyridine rings is 1. The van der Waals surface area contributed by atoms with Crippen molar-refractivity contribution in [2.75, 3.05) is 11.8 Å². The van der Waals surface area contributed by atoms with Crippen molar-refractivity contribution in [3.63, 3.8) is 0 Å². The Morgan fingerprint density at radius 2 is 1.57 bits per heavy atom. The van der Waals surface area contributed by atoms with Gasteiger partial charge < -0.3 is 4.90 Å². The summed E-state index contributed by atoms with van der Waals surface area (Å²) < 4.78 is 53.9. The fourth-order valence-electron chi connectivity index (χ4n) is 3.63. The number of aromatic nitrogens is 1. The van der Waals surface area contributed by atoms with Gasteiger partial charge in [0.05, 0.1) is 16.6 Å². The van der Waals surface area contributed by atoms with Crippen LogP contribution in [0.2, 0.25) is 0 Å². The first kappa shape index (κ1) is 24.0. The number of amides is 1. The Kier molecular flexibility index (Phi) is 6.88. The molecule has 6 nitrogen and oxygen atoms in total. The third-order valence-electron chi connectivity index (χ3n) is 5.38. The number of sulfonamides is 1. The van der Waals surface area contributed by atoms with Gasteiger partial charge in [0.25, 0.3) is 15.9 Å². The number of hydrogen-bond donors (Lipinski definition) is 1. The van der Waals surface area contributed by atoms with Crippen molar-refractivity contribution < 1.29 is 22.0 Å². The molecule has 4 rings (SSSR count). The quantitative estimate of drug-likeness (QED) is 0.392. The smallest absolute Gasteiger partial charge is 0.261 e. The molecule has 1 atom stereocenters. The average molecular weight is 494 g/mol. The second kappa shape index (κ2) is 10.0. The van der Waals surface area contributed by atoms with E-state index in [2.05, 4.69) is 9.71 Å². The van der Waals surface area contributed by atoms with Gasteiger partial charge in [-0.1, -0.05) is 36.4 Å². The lowest BCUT2D eigenvalue weighted by atomic mass is 10.0. The van der Waals surface area contributed by atoms with Gasteiger partial charge in [-0.25, -0.2) is 17.2 Å². The molecular weight excluding hydrogens is 472 g/mol. The predicted molar refractivity (Wildman–Crippen MR) is 128 cm³/mol. The molecule has 0 aliphatic heterocycles. The number of anilines is 1. The monoisotopic (exact) mass is 493 g/mol. The molecule has 0 aliphatic rings. The maximum absolute atomic E-state index is 13.5. The second-order valence-electron chi connectivity index (χ2n) is 7.74. The third kappa shape index (κ3) is 5.36. The van der Waals surface area contributed by atoms with Gasteiger partial charge in [-0.2, -0.15) is 0 Å². The minimum Gasteiger partial charge on any atom is -0.329 e. The lowest BCUT2D eigenvalue weighted by molar-refractivity contribution is 0.0752.